The van der Waals surface area contributed by atoms with Crippen LogP contribution in [-0.2, 0) is 20.8 Å². The molecule has 2 rings (SSSR count). The van der Waals surface area contributed by atoms with Crippen LogP contribution in [0.15, 0.2) is 18.2 Å². The zero-order valence-corrected chi connectivity index (χ0v) is 15.0. The molecule has 2 amide bonds. The molecule has 0 aromatic heterocycles. The number of rotatable bonds is 7. The fourth-order valence-corrected chi connectivity index (χ4v) is 3.00. The van der Waals surface area contributed by atoms with Crippen LogP contribution < -0.4 is 5.32 Å². The highest BCUT2D eigenvalue weighted by Crippen LogP contribution is 2.23. The average Bonchev–Trinajstić information content (AvgIpc) is 2.83. The second-order valence-corrected chi connectivity index (χ2v) is 6.63. The van der Waals surface area contributed by atoms with Crippen LogP contribution >= 0.6 is 23.2 Å². The number of carbonyl (C=O) groups is 3. The molecule has 1 heterocycles. The van der Waals surface area contributed by atoms with E-state index < -0.39 is 17.6 Å². The summed E-state index contributed by atoms with van der Waals surface area (Å²) in [5.41, 5.74) is 1.03. The Hall–Kier alpha value is -1.59. The van der Waals surface area contributed by atoms with Gasteiger partial charge in [-0.25, -0.2) is 0 Å². The third kappa shape index (κ3) is 4.48. The topological polar surface area (TPSA) is 66.5 Å². The van der Waals surface area contributed by atoms with E-state index in [-0.39, 0.29) is 12.5 Å². The first-order chi connectivity index (χ1) is 11.4. The lowest BCUT2D eigenvalue weighted by Crippen LogP contribution is -2.36. The Morgan fingerprint density at radius 3 is 2.71 bits per heavy atom. The van der Waals surface area contributed by atoms with Gasteiger partial charge in [0.25, 0.3) is 5.91 Å². The van der Waals surface area contributed by atoms with Crippen LogP contribution in [0.5, 0.6) is 0 Å². The fourth-order valence-electron chi connectivity index (χ4n) is 2.68. The number of carbonyl (C=O) groups excluding carboxylic acids is 3. The van der Waals surface area contributed by atoms with Gasteiger partial charge in [-0.3, -0.25) is 14.4 Å². The number of halogens is 2. The van der Waals surface area contributed by atoms with Crippen molar-refractivity contribution in [1.29, 1.82) is 0 Å². The molecule has 1 saturated heterocycles. The largest absolute Gasteiger partial charge is 0.355 e. The number of hydrogen-bond acceptors (Lipinski definition) is 3. The number of hydrogen-bond donors (Lipinski definition) is 1. The minimum Gasteiger partial charge on any atom is -0.355 e. The summed E-state index contributed by atoms with van der Waals surface area (Å²) < 4.78 is 0. The standard InChI is InChI=1S/C17H20Cl2N2O3/c1-2-8-21-10-12(15(22)17(21)24)16(23)20-7-3-4-11-5-6-13(18)14(19)9-11/h5-6,9,12H,2-4,7-8,10H2,1H3,(H,20,23). The van der Waals surface area contributed by atoms with Crippen molar-refractivity contribution in [2.24, 2.45) is 5.92 Å². The molecule has 7 heteroatoms. The molecule has 1 unspecified atom stereocenters. The predicted molar refractivity (Wildman–Crippen MR) is 93.2 cm³/mol. The summed E-state index contributed by atoms with van der Waals surface area (Å²) in [4.78, 5) is 37.2. The SMILES string of the molecule is CCCN1CC(C(=O)NCCCc2ccc(Cl)c(Cl)c2)C(=O)C1=O. The molecule has 1 atom stereocenters. The molecule has 1 aromatic carbocycles. The molecule has 1 aliphatic rings. The zero-order valence-electron chi connectivity index (χ0n) is 13.5. The van der Waals surface area contributed by atoms with Gasteiger partial charge < -0.3 is 10.2 Å². The number of likely N-dealkylation sites (tertiary alicyclic amines) is 1. The van der Waals surface area contributed by atoms with E-state index in [1.165, 1.54) is 4.90 Å². The van der Waals surface area contributed by atoms with Gasteiger partial charge in [0.1, 0.15) is 5.92 Å². The average molecular weight is 371 g/mol. The molecule has 1 aliphatic heterocycles. The molecular weight excluding hydrogens is 351 g/mol. The number of nitrogens with zero attached hydrogens (tertiary/aromatic N) is 1. The highest BCUT2D eigenvalue weighted by Gasteiger charge is 2.42. The lowest BCUT2D eigenvalue weighted by molar-refractivity contribution is -0.142. The van der Waals surface area contributed by atoms with Gasteiger partial charge in [-0.2, -0.15) is 0 Å². The van der Waals surface area contributed by atoms with Gasteiger partial charge in [-0.15, -0.1) is 0 Å². The molecule has 130 valence electrons. The van der Waals surface area contributed by atoms with Crippen molar-refractivity contribution in [1.82, 2.24) is 10.2 Å². The number of aryl methyl sites for hydroxylation is 1. The molecule has 0 saturated carbocycles. The Morgan fingerprint density at radius 2 is 2.04 bits per heavy atom. The van der Waals surface area contributed by atoms with Gasteiger partial charge in [0, 0.05) is 19.6 Å². The molecule has 5 nitrogen and oxygen atoms in total. The van der Waals surface area contributed by atoms with Gasteiger partial charge in [-0.05, 0) is 37.0 Å². The lowest BCUT2D eigenvalue weighted by atomic mass is 10.1. The van der Waals surface area contributed by atoms with E-state index in [9.17, 15) is 14.4 Å². The molecule has 0 radical (unpaired) electrons. The van der Waals surface area contributed by atoms with E-state index in [0.29, 0.717) is 29.6 Å². The Morgan fingerprint density at radius 1 is 1.29 bits per heavy atom. The number of ketones is 1. The maximum atomic E-state index is 12.1. The van der Waals surface area contributed by atoms with E-state index in [4.69, 9.17) is 23.2 Å². The van der Waals surface area contributed by atoms with Crippen LogP contribution in [0.3, 0.4) is 0 Å². The lowest BCUT2D eigenvalue weighted by Gasteiger charge is -2.13. The molecule has 0 bridgehead atoms. The summed E-state index contributed by atoms with van der Waals surface area (Å²) in [5, 5.41) is 3.75. The molecule has 1 N–H and O–H groups in total. The predicted octanol–water partition coefficient (Wildman–Crippen LogP) is 2.48. The van der Waals surface area contributed by atoms with Crippen molar-refractivity contribution >= 4 is 40.8 Å². The molecule has 1 fully saturated rings. The quantitative estimate of drug-likeness (QED) is 0.455. The normalized spacial score (nSPS) is 17.5. The van der Waals surface area contributed by atoms with E-state index in [0.717, 1.165) is 18.4 Å². The number of nitrogens with one attached hydrogen (secondary N) is 1. The van der Waals surface area contributed by atoms with E-state index in [1.807, 2.05) is 13.0 Å². The van der Waals surface area contributed by atoms with E-state index in [2.05, 4.69) is 5.32 Å². The summed E-state index contributed by atoms with van der Waals surface area (Å²) in [5.74, 6) is -2.41. The van der Waals surface area contributed by atoms with E-state index in [1.54, 1.807) is 12.1 Å². The van der Waals surface area contributed by atoms with Crippen molar-refractivity contribution in [2.45, 2.75) is 26.2 Å². The van der Waals surface area contributed by atoms with Crippen molar-refractivity contribution < 1.29 is 14.4 Å². The Bertz CT molecular complexity index is 649. The fraction of sp³-hybridized carbons (Fsp3) is 0.471. The van der Waals surface area contributed by atoms with Crippen molar-refractivity contribution in [3.05, 3.63) is 33.8 Å². The molecular formula is C17H20Cl2N2O3. The second kappa shape index (κ2) is 8.49. The maximum absolute atomic E-state index is 12.1. The molecule has 0 aliphatic carbocycles. The Labute approximate surface area is 151 Å². The van der Waals surface area contributed by atoms with Crippen molar-refractivity contribution in [2.75, 3.05) is 19.6 Å². The second-order valence-electron chi connectivity index (χ2n) is 5.81. The van der Waals surface area contributed by atoms with Crippen LogP contribution in [0.25, 0.3) is 0 Å². The summed E-state index contributed by atoms with van der Waals surface area (Å²) in [7, 11) is 0. The monoisotopic (exact) mass is 370 g/mol. The van der Waals surface area contributed by atoms with Crippen LogP contribution in [0.2, 0.25) is 10.0 Å². The summed E-state index contributed by atoms with van der Waals surface area (Å²) in [6.45, 7) is 3.05. The van der Waals surface area contributed by atoms with Gasteiger partial charge in [0.05, 0.1) is 10.0 Å². The first-order valence-corrected chi connectivity index (χ1v) is 8.74. The van der Waals surface area contributed by atoms with E-state index >= 15 is 0 Å². The number of amides is 2. The first-order valence-electron chi connectivity index (χ1n) is 7.98. The smallest absolute Gasteiger partial charge is 0.290 e. The van der Waals surface area contributed by atoms with Gasteiger partial charge >= 0.3 is 0 Å². The first kappa shape index (κ1) is 18.7. The van der Waals surface area contributed by atoms with Gasteiger partial charge in [0.15, 0.2) is 0 Å². The van der Waals surface area contributed by atoms with Crippen molar-refractivity contribution in [3.8, 4) is 0 Å². The van der Waals surface area contributed by atoms with Crippen LogP contribution in [-0.4, -0.2) is 42.1 Å². The maximum Gasteiger partial charge on any atom is 0.290 e. The summed E-state index contributed by atoms with van der Waals surface area (Å²) in [6, 6.07) is 5.42. The Kier molecular flexibility index (Phi) is 6.63. The molecule has 24 heavy (non-hydrogen) atoms. The highest BCUT2D eigenvalue weighted by molar-refractivity contribution is 6.42. The minimum atomic E-state index is -0.881. The highest BCUT2D eigenvalue weighted by atomic mass is 35.5. The van der Waals surface area contributed by atoms with Crippen LogP contribution in [0.1, 0.15) is 25.3 Å². The van der Waals surface area contributed by atoms with Gasteiger partial charge in [-0.1, -0.05) is 36.2 Å². The summed E-state index contributed by atoms with van der Waals surface area (Å²) >= 11 is 11.8. The summed E-state index contributed by atoms with van der Waals surface area (Å²) in [6.07, 6.45) is 2.20. The molecule has 0 spiro atoms. The van der Waals surface area contributed by atoms with Crippen LogP contribution in [0, 0.1) is 5.92 Å². The Balaban J connectivity index is 1.78. The third-order valence-corrected chi connectivity index (χ3v) is 4.69. The minimum absolute atomic E-state index is 0.185. The molecule has 1 aromatic rings. The van der Waals surface area contributed by atoms with Crippen molar-refractivity contribution in [3.63, 3.8) is 0 Å². The van der Waals surface area contributed by atoms with Gasteiger partial charge in [0.2, 0.25) is 11.7 Å². The number of benzene rings is 1. The number of Topliss-reactive ketones (excluding diaryl/α,β-unsaturated/α-hetero) is 1. The third-order valence-electron chi connectivity index (χ3n) is 3.95. The van der Waals surface area contributed by atoms with Crippen LogP contribution in [0.4, 0.5) is 0 Å². The zero-order chi connectivity index (χ0) is 17.7.